The second kappa shape index (κ2) is 13.6. The van der Waals surface area contributed by atoms with Gasteiger partial charge in [-0.1, -0.05) is 0 Å². The summed E-state index contributed by atoms with van der Waals surface area (Å²) in [6.45, 7) is 0.623. The van der Waals surface area contributed by atoms with E-state index in [4.69, 9.17) is 41.4 Å². The van der Waals surface area contributed by atoms with E-state index in [1.165, 1.54) is 25.4 Å². The number of nitrogens with one attached hydrogen (secondary N) is 3. The molecule has 15 heteroatoms. The molecule has 41 heavy (non-hydrogen) atoms. The zero-order chi connectivity index (χ0) is 30.1. The summed E-state index contributed by atoms with van der Waals surface area (Å²) in [7, 11) is 1.41. The van der Waals surface area contributed by atoms with Crippen LogP contribution in [0.4, 0.5) is 15.8 Å². The fourth-order valence-corrected chi connectivity index (χ4v) is 3.59. The molecule has 2 aromatic heterocycles. The van der Waals surface area contributed by atoms with Gasteiger partial charge in [0.15, 0.2) is 23.2 Å². The van der Waals surface area contributed by atoms with Gasteiger partial charge in [-0.15, -0.1) is 5.10 Å². The highest BCUT2D eigenvalue weighted by Gasteiger charge is 2.27. The van der Waals surface area contributed by atoms with Crippen LogP contribution in [0.3, 0.4) is 0 Å². The van der Waals surface area contributed by atoms with Gasteiger partial charge in [0.25, 0.3) is 5.97 Å². The summed E-state index contributed by atoms with van der Waals surface area (Å²) >= 11 is 0. The number of aliphatic hydroxyl groups is 1. The number of nitrogen functional groups attached to an aromatic ring is 2. The Balaban J connectivity index is 0.00000108. The maximum absolute atomic E-state index is 15.7. The number of carboxylic acids is 1. The minimum Gasteiger partial charge on any atom is -0.497 e. The number of aromatic nitrogens is 4. The van der Waals surface area contributed by atoms with Crippen molar-refractivity contribution in [3.8, 4) is 17.3 Å². The first-order valence-electron chi connectivity index (χ1n) is 12.0. The molecule has 0 saturated carbocycles. The van der Waals surface area contributed by atoms with E-state index >= 15 is 4.39 Å². The minimum absolute atomic E-state index is 0.0397. The van der Waals surface area contributed by atoms with E-state index in [1.54, 1.807) is 36.4 Å². The average molecular weight is 569 g/mol. The molecule has 1 unspecified atom stereocenters. The third-order valence-electron chi connectivity index (χ3n) is 5.37. The van der Waals surface area contributed by atoms with E-state index in [9.17, 15) is 4.79 Å². The van der Waals surface area contributed by atoms with Crippen molar-refractivity contribution < 1.29 is 28.9 Å². The second-order valence-corrected chi connectivity index (χ2v) is 8.33. The van der Waals surface area contributed by atoms with Crippen molar-refractivity contribution in [3.63, 3.8) is 0 Å². The third-order valence-corrected chi connectivity index (χ3v) is 5.37. The van der Waals surface area contributed by atoms with Crippen molar-refractivity contribution in [2.24, 2.45) is 5.73 Å². The van der Waals surface area contributed by atoms with E-state index in [0.29, 0.717) is 11.3 Å². The Labute approximate surface area is 232 Å². The molecule has 0 aliphatic carbocycles. The van der Waals surface area contributed by atoms with Crippen molar-refractivity contribution in [1.82, 2.24) is 19.7 Å². The lowest BCUT2D eigenvalue weighted by molar-refractivity contribution is -0.134. The molecule has 0 fully saturated rings. The Morgan fingerprint density at radius 1 is 1.27 bits per heavy atom. The third kappa shape index (κ3) is 7.57. The summed E-state index contributed by atoms with van der Waals surface area (Å²) in [5, 5.41) is 31.6. The molecule has 14 nitrogen and oxygen atoms in total. The van der Waals surface area contributed by atoms with Gasteiger partial charge >= 0.3 is 5.69 Å². The molecular weight excluding hydrogens is 539 g/mol. The number of aliphatic carboxylic acids is 1. The number of halogens is 1. The number of ether oxygens (including phenoxy) is 2. The summed E-state index contributed by atoms with van der Waals surface area (Å²) in [5.74, 6) is -1.41. The van der Waals surface area contributed by atoms with Crippen LogP contribution in [0.5, 0.6) is 11.5 Å². The van der Waals surface area contributed by atoms with Crippen molar-refractivity contribution in [2.45, 2.75) is 13.0 Å². The van der Waals surface area contributed by atoms with Crippen LogP contribution in [0, 0.1) is 11.2 Å². The molecule has 0 radical (unpaired) electrons. The number of benzene rings is 2. The zero-order valence-corrected chi connectivity index (χ0v) is 22.1. The monoisotopic (exact) mass is 568 g/mol. The largest absolute Gasteiger partial charge is 0.497 e. The van der Waals surface area contributed by atoms with E-state index in [1.807, 2.05) is 0 Å². The molecule has 0 aliphatic rings. The highest BCUT2D eigenvalue weighted by Crippen LogP contribution is 2.35. The second-order valence-electron chi connectivity index (χ2n) is 8.33. The van der Waals surface area contributed by atoms with Crippen molar-refractivity contribution >= 4 is 23.2 Å². The maximum atomic E-state index is 15.7. The van der Waals surface area contributed by atoms with Crippen molar-refractivity contribution in [1.29, 1.82) is 5.41 Å². The SMILES string of the molecule is CC(=O)O.COc1cc(OCCO)c(F)c(C(Nc2ccc(C(=N)N)cc2)c2nn(-c3ncccc3N)c(=O)[nH]2)c1. The molecule has 0 amide bonds. The fraction of sp³-hybridized carbons (Fsp3) is 0.192. The Bertz CT molecular complexity index is 1570. The molecule has 9 N–H and O–H groups in total. The summed E-state index contributed by atoms with van der Waals surface area (Å²) < 4.78 is 27.4. The lowest BCUT2D eigenvalue weighted by Gasteiger charge is -2.21. The average Bonchev–Trinajstić information content (AvgIpc) is 3.32. The predicted molar refractivity (Wildman–Crippen MR) is 148 cm³/mol. The molecule has 216 valence electrons. The molecule has 0 aliphatic heterocycles. The van der Waals surface area contributed by atoms with Gasteiger partial charge in [-0.05, 0) is 42.5 Å². The lowest BCUT2D eigenvalue weighted by atomic mass is 10.0. The number of carbonyl (C=O) groups is 1. The van der Waals surface area contributed by atoms with Gasteiger partial charge in [-0.3, -0.25) is 15.2 Å². The Morgan fingerprint density at radius 2 is 1.95 bits per heavy atom. The number of methoxy groups -OCH3 is 1. The van der Waals surface area contributed by atoms with Gasteiger partial charge in [-0.2, -0.15) is 4.68 Å². The first-order valence-corrected chi connectivity index (χ1v) is 12.0. The van der Waals surface area contributed by atoms with Gasteiger partial charge in [0.1, 0.15) is 24.2 Å². The van der Waals surface area contributed by atoms with Crippen LogP contribution in [0.2, 0.25) is 0 Å². The summed E-state index contributed by atoms with van der Waals surface area (Å²) in [6.07, 6.45) is 1.46. The van der Waals surface area contributed by atoms with E-state index < -0.39 is 23.5 Å². The number of anilines is 2. The van der Waals surface area contributed by atoms with Gasteiger partial charge in [0, 0.05) is 36.0 Å². The molecule has 0 spiro atoms. The van der Waals surface area contributed by atoms with Crippen molar-refractivity contribution in [2.75, 3.05) is 31.4 Å². The number of rotatable bonds is 10. The molecule has 0 bridgehead atoms. The number of hydrogen-bond donors (Lipinski definition) is 7. The first kappa shape index (κ1) is 30.1. The molecule has 2 heterocycles. The smallest absolute Gasteiger partial charge is 0.349 e. The number of aromatic amines is 1. The van der Waals surface area contributed by atoms with Crippen LogP contribution in [0.1, 0.15) is 29.9 Å². The van der Waals surface area contributed by atoms with Crippen LogP contribution in [-0.2, 0) is 4.79 Å². The highest BCUT2D eigenvalue weighted by atomic mass is 19.1. The standard InChI is InChI=1S/C24H25FN8O4.C2H4O2/c1-36-15-11-16(19(25)18(12-15)37-10-9-34)20(30-14-6-4-13(5-7-14)21(27)28)22-31-24(35)33(32-22)23-17(26)3-2-8-29-23;1-2(3)4/h2-8,11-12,20,30,34H,9-10,26H2,1H3,(H3,27,28)(H,31,32,35);1H3,(H,3,4). The highest BCUT2D eigenvalue weighted by molar-refractivity contribution is 5.95. The number of H-pyrrole nitrogens is 1. The van der Waals surface area contributed by atoms with Gasteiger partial charge in [-0.25, -0.2) is 14.2 Å². The maximum Gasteiger partial charge on any atom is 0.349 e. The minimum atomic E-state index is -1.05. The number of carboxylic acid groups (broad SMARTS) is 1. The normalized spacial score (nSPS) is 11.1. The molecule has 4 aromatic rings. The van der Waals surface area contributed by atoms with Crippen LogP contribution in [0.25, 0.3) is 5.82 Å². The molecule has 0 saturated heterocycles. The van der Waals surface area contributed by atoms with Crippen LogP contribution in [-0.4, -0.2) is 62.1 Å². The van der Waals surface area contributed by atoms with Gasteiger partial charge in [0.05, 0.1) is 19.4 Å². The topological polar surface area (TPSA) is 227 Å². The first-order chi connectivity index (χ1) is 19.5. The Hall–Kier alpha value is -5.44. The predicted octanol–water partition coefficient (Wildman–Crippen LogP) is 1.63. The van der Waals surface area contributed by atoms with E-state index in [0.717, 1.165) is 11.6 Å². The van der Waals surface area contributed by atoms with Crippen LogP contribution < -0.4 is 31.9 Å². The summed E-state index contributed by atoms with van der Waals surface area (Å²) in [6, 6.07) is 11.5. The lowest BCUT2D eigenvalue weighted by Crippen LogP contribution is -2.18. The van der Waals surface area contributed by atoms with Crippen molar-refractivity contribution in [3.05, 3.63) is 88.0 Å². The number of pyridine rings is 1. The van der Waals surface area contributed by atoms with E-state index in [2.05, 4.69) is 20.4 Å². The fourth-order valence-electron chi connectivity index (χ4n) is 3.59. The van der Waals surface area contributed by atoms with Crippen LogP contribution >= 0.6 is 0 Å². The van der Waals surface area contributed by atoms with Gasteiger partial charge < -0.3 is 36.5 Å². The summed E-state index contributed by atoms with van der Waals surface area (Å²) in [5.41, 5.74) is 12.2. The Kier molecular flexibility index (Phi) is 9.96. The molecule has 4 rings (SSSR count). The molecule has 1 atom stereocenters. The molecular formula is C26H29FN8O6. The number of nitrogens with zero attached hydrogens (tertiary/aromatic N) is 3. The Morgan fingerprint density at radius 3 is 2.54 bits per heavy atom. The van der Waals surface area contributed by atoms with Gasteiger partial charge in [0.2, 0.25) is 0 Å². The quantitative estimate of drug-likeness (QED) is 0.107. The zero-order valence-electron chi connectivity index (χ0n) is 22.1. The molecule has 2 aromatic carbocycles. The van der Waals surface area contributed by atoms with Crippen LogP contribution in [0.15, 0.2) is 59.5 Å². The number of nitrogens with two attached hydrogens (primary N) is 2. The number of aliphatic hydroxyl groups excluding tert-OH is 1. The number of amidine groups is 1. The number of hydrogen-bond acceptors (Lipinski definition) is 10. The summed E-state index contributed by atoms with van der Waals surface area (Å²) in [4.78, 5) is 28.6. The van der Waals surface area contributed by atoms with E-state index in [-0.39, 0.29) is 53.4 Å².